The summed E-state index contributed by atoms with van der Waals surface area (Å²) < 4.78 is 31.2. The molecule has 26 heavy (non-hydrogen) atoms. The highest BCUT2D eigenvalue weighted by Crippen LogP contribution is 2.23. The minimum atomic E-state index is -3.60. The van der Waals surface area contributed by atoms with Crippen LogP contribution in [0.4, 0.5) is 5.69 Å². The summed E-state index contributed by atoms with van der Waals surface area (Å²) in [6, 6.07) is 4.71. The van der Waals surface area contributed by atoms with Gasteiger partial charge < -0.3 is 10.1 Å². The van der Waals surface area contributed by atoms with Gasteiger partial charge in [-0.1, -0.05) is 6.07 Å². The van der Waals surface area contributed by atoms with Gasteiger partial charge in [0.1, 0.15) is 6.04 Å². The molecule has 0 saturated carbocycles. The number of morpholine rings is 1. The number of sulfonamides is 1. The standard InChI is InChI=1S/C18H29N3O4S/c1-14-11-15(2)13-17(12-14)21(26(4,23)24)16(3)18(22)19-5-6-20-7-9-25-10-8-20/h11-13,16H,5-10H2,1-4H3,(H,19,22)/t16-/m1/s1. The van der Waals surface area contributed by atoms with Gasteiger partial charge in [-0.25, -0.2) is 8.42 Å². The van der Waals surface area contributed by atoms with Crippen molar-refractivity contribution in [3.63, 3.8) is 0 Å². The normalized spacial score (nSPS) is 16.9. The first-order valence-electron chi connectivity index (χ1n) is 8.84. The Hall–Kier alpha value is -1.64. The first kappa shape index (κ1) is 20.7. The van der Waals surface area contributed by atoms with Crippen LogP contribution in [0, 0.1) is 13.8 Å². The summed E-state index contributed by atoms with van der Waals surface area (Å²) >= 11 is 0. The number of anilines is 1. The topological polar surface area (TPSA) is 79.0 Å². The number of rotatable bonds is 7. The van der Waals surface area contributed by atoms with Gasteiger partial charge in [0.05, 0.1) is 25.2 Å². The zero-order valence-electron chi connectivity index (χ0n) is 16.0. The molecule has 2 rings (SSSR count). The van der Waals surface area contributed by atoms with Crippen molar-refractivity contribution in [2.24, 2.45) is 0 Å². The van der Waals surface area contributed by atoms with Crippen molar-refractivity contribution < 1.29 is 17.9 Å². The number of nitrogens with one attached hydrogen (secondary N) is 1. The van der Waals surface area contributed by atoms with Crippen molar-refractivity contribution in [3.05, 3.63) is 29.3 Å². The lowest BCUT2D eigenvalue weighted by Crippen LogP contribution is -2.49. The largest absolute Gasteiger partial charge is 0.379 e. The van der Waals surface area contributed by atoms with Crippen molar-refractivity contribution in [1.29, 1.82) is 0 Å². The lowest BCUT2D eigenvalue weighted by molar-refractivity contribution is -0.121. The molecule has 1 aromatic carbocycles. The Morgan fingerprint density at radius 3 is 2.35 bits per heavy atom. The molecule has 8 heteroatoms. The summed E-state index contributed by atoms with van der Waals surface area (Å²) in [4.78, 5) is 14.8. The number of amides is 1. The fraction of sp³-hybridized carbons (Fsp3) is 0.611. The van der Waals surface area contributed by atoms with Crippen LogP contribution in [0.3, 0.4) is 0 Å². The molecule has 1 heterocycles. The number of nitrogens with zero attached hydrogens (tertiary/aromatic N) is 2. The number of hydrogen-bond acceptors (Lipinski definition) is 5. The van der Waals surface area contributed by atoms with Gasteiger partial charge in [-0.15, -0.1) is 0 Å². The van der Waals surface area contributed by atoms with E-state index in [-0.39, 0.29) is 5.91 Å². The Bertz CT molecular complexity index is 710. The second-order valence-electron chi connectivity index (χ2n) is 6.83. The van der Waals surface area contributed by atoms with Gasteiger partial charge in [-0.2, -0.15) is 0 Å². The van der Waals surface area contributed by atoms with E-state index in [4.69, 9.17) is 4.74 Å². The van der Waals surface area contributed by atoms with Gasteiger partial charge in [0.25, 0.3) is 0 Å². The number of ether oxygens (including phenoxy) is 1. The maximum absolute atomic E-state index is 12.6. The number of carbonyl (C=O) groups excluding carboxylic acids is 1. The van der Waals surface area contributed by atoms with Gasteiger partial charge in [0.2, 0.25) is 15.9 Å². The molecule has 1 saturated heterocycles. The number of carbonyl (C=O) groups is 1. The second-order valence-corrected chi connectivity index (χ2v) is 8.69. The molecule has 0 bridgehead atoms. The Labute approximate surface area is 156 Å². The number of benzene rings is 1. The maximum Gasteiger partial charge on any atom is 0.243 e. The minimum absolute atomic E-state index is 0.303. The predicted octanol–water partition coefficient (Wildman–Crippen LogP) is 0.906. The summed E-state index contributed by atoms with van der Waals surface area (Å²) in [6.07, 6.45) is 1.13. The molecule has 146 valence electrons. The summed E-state index contributed by atoms with van der Waals surface area (Å²) in [5.41, 5.74) is 2.42. The molecule has 1 aliphatic rings. The summed E-state index contributed by atoms with van der Waals surface area (Å²) in [5, 5.41) is 2.85. The molecule has 1 atom stereocenters. The van der Waals surface area contributed by atoms with E-state index < -0.39 is 16.1 Å². The fourth-order valence-electron chi connectivity index (χ4n) is 3.20. The van der Waals surface area contributed by atoms with Gasteiger partial charge in [0, 0.05) is 26.2 Å². The van der Waals surface area contributed by atoms with E-state index in [0.717, 1.165) is 37.0 Å². The van der Waals surface area contributed by atoms with E-state index in [2.05, 4.69) is 10.2 Å². The van der Waals surface area contributed by atoms with Gasteiger partial charge in [-0.05, 0) is 44.0 Å². The van der Waals surface area contributed by atoms with Crippen LogP contribution < -0.4 is 9.62 Å². The number of aryl methyl sites for hydroxylation is 2. The molecule has 0 spiro atoms. The lowest BCUT2D eigenvalue weighted by atomic mass is 10.1. The van der Waals surface area contributed by atoms with Crippen molar-refractivity contribution in [2.75, 3.05) is 50.0 Å². The average molecular weight is 384 g/mol. The van der Waals surface area contributed by atoms with Crippen LogP contribution in [-0.4, -0.2) is 70.9 Å². The van der Waals surface area contributed by atoms with E-state index in [1.54, 1.807) is 19.1 Å². The lowest BCUT2D eigenvalue weighted by Gasteiger charge is -2.30. The van der Waals surface area contributed by atoms with Crippen molar-refractivity contribution in [3.8, 4) is 0 Å². The first-order chi connectivity index (χ1) is 12.2. The Kier molecular flexibility index (Phi) is 7.02. The molecule has 1 N–H and O–H groups in total. The van der Waals surface area contributed by atoms with Gasteiger partial charge >= 0.3 is 0 Å². The van der Waals surface area contributed by atoms with Crippen molar-refractivity contribution in [1.82, 2.24) is 10.2 Å². The van der Waals surface area contributed by atoms with Crippen molar-refractivity contribution >= 4 is 21.6 Å². The molecule has 1 amide bonds. The van der Waals surface area contributed by atoms with Crippen molar-refractivity contribution in [2.45, 2.75) is 26.8 Å². The molecule has 0 aliphatic carbocycles. The molecule has 7 nitrogen and oxygen atoms in total. The maximum atomic E-state index is 12.6. The first-order valence-corrected chi connectivity index (χ1v) is 10.7. The van der Waals surface area contributed by atoms with Gasteiger partial charge in [-0.3, -0.25) is 14.0 Å². The fourth-order valence-corrected chi connectivity index (χ4v) is 4.35. The predicted molar refractivity (Wildman–Crippen MR) is 103 cm³/mol. The highest BCUT2D eigenvalue weighted by Gasteiger charge is 2.29. The van der Waals surface area contributed by atoms with Crippen LogP contribution in [0.5, 0.6) is 0 Å². The molecule has 0 aromatic heterocycles. The Morgan fingerprint density at radius 1 is 1.23 bits per heavy atom. The quantitative estimate of drug-likeness (QED) is 0.757. The summed E-state index contributed by atoms with van der Waals surface area (Å²) in [5.74, 6) is -0.303. The molecule has 1 aromatic rings. The van der Waals surface area contributed by atoms with E-state index in [1.165, 1.54) is 4.31 Å². The van der Waals surface area contributed by atoms with Crippen LogP contribution in [0.2, 0.25) is 0 Å². The highest BCUT2D eigenvalue weighted by atomic mass is 32.2. The highest BCUT2D eigenvalue weighted by molar-refractivity contribution is 7.92. The van der Waals surface area contributed by atoms with Crippen LogP contribution >= 0.6 is 0 Å². The molecule has 0 unspecified atom stereocenters. The molecular weight excluding hydrogens is 354 g/mol. The third-order valence-electron chi connectivity index (χ3n) is 4.38. The smallest absolute Gasteiger partial charge is 0.243 e. The zero-order chi connectivity index (χ0) is 19.3. The SMILES string of the molecule is Cc1cc(C)cc(N([C@H](C)C(=O)NCCN2CCOCC2)S(C)(=O)=O)c1. The van der Waals surface area contributed by atoms with E-state index in [9.17, 15) is 13.2 Å². The Morgan fingerprint density at radius 2 is 1.81 bits per heavy atom. The molecule has 1 fully saturated rings. The van der Waals surface area contributed by atoms with E-state index in [0.29, 0.717) is 25.4 Å². The van der Waals surface area contributed by atoms with E-state index >= 15 is 0 Å². The van der Waals surface area contributed by atoms with Crippen LogP contribution in [-0.2, 0) is 19.6 Å². The Balaban J connectivity index is 2.06. The second kappa shape index (κ2) is 8.83. The zero-order valence-corrected chi connectivity index (χ0v) is 16.8. The third-order valence-corrected chi connectivity index (χ3v) is 5.62. The van der Waals surface area contributed by atoms with Crippen LogP contribution in [0.15, 0.2) is 18.2 Å². The van der Waals surface area contributed by atoms with Crippen LogP contribution in [0.25, 0.3) is 0 Å². The number of hydrogen-bond donors (Lipinski definition) is 1. The van der Waals surface area contributed by atoms with Crippen LogP contribution in [0.1, 0.15) is 18.1 Å². The van der Waals surface area contributed by atoms with E-state index in [1.807, 2.05) is 19.9 Å². The molecule has 0 radical (unpaired) electrons. The average Bonchev–Trinajstić information content (AvgIpc) is 2.53. The monoisotopic (exact) mass is 383 g/mol. The van der Waals surface area contributed by atoms with Gasteiger partial charge in [0.15, 0.2) is 0 Å². The molecular formula is C18H29N3O4S. The summed E-state index contributed by atoms with van der Waals surface area (Å²) in [7, 11) is -3.60. The minimum Gasteiger partial charge on any atom is -0.379 e. The third kappa shape index (κ3) is 5.69. The summed E-state index contributed by atoms with van der Waals surface area (Å²) in [6.45, 7) is 9.75. The molecule has 1 aliphatic heterocycles.